The highest BCUT2D eigenvalue weighted by molar-refractivity contribution is 5.81. The van der Waals surface area contributed by atoms with Gasteiger partial charge in [0.05, 0.1) is 33.4 Å². The normalized spacial score (nSPS) is 24.4. The van der Waals surface area contributed by atoms with Crippen LogP contribution in [0, 0.1) is 0 Å². The minimum atomic E-state index is -0.453. The van der Waals surface area contributed by atoms with Crippen molar-refractivity contribution in [2.24, 2.45) is 0 Å². The summed E-state index contributed by atoms with van der Waals surface area (Å²) >= 11 is 0. The second-order valence-electron chi connectivity index (χ2n) is 4.93. The highest BCUT2D eigenvalue weighted by Gasteiger charge is 2.29. The van der Waals surface area contributed by atoms with E-state index in [1.54, 1.807) is 0 Å². The monoisotopic (exact) mass is 286 g/mol. The highest BCUT2D eigenvalue weighted by Crippen LogP contribution is 2.09. The van der Waals surface area contributed by atoms with Crippen molar-refractivity contribution in [2.75, 3.05) is 59.7 Å². The third-order valence-corrected chi connectivity index (χ3v) is 3.64. The Morgan fingerprint density at radius 1 is 1.20 bits per heavy atom. The van der Waals surface area contributed by atoms with E-state index < -0.39 is 6.10 Å². The predicted octanol–water partition coefficient (Wildman–Crippen LogP) is -0.891. The second-order valence-corrected chi connectivity index (χ2v) is 4.93. The molecule has 2 aliphatic rings. The summed E-state index contributed by atoms with van der Waals surface area (Å²) in [6.07, 6.45) is -0.0605. The number of hydrogen-bond acceptors (Lipinski definition) is 6. The Morgan fingerprint density at radius 2 is 1.95 bits per heavy atom. The zero-order valence-corrected chi connectivity index (χ0v) is 11.9. The smallest absolute Gasteiger partial charge is 0.306 e. The quantitative estimate of drug-likeness (QED) is 0.625. The number of methoxy groups -OCH3 is 1. The maximum atomic E-state index is 12.2. The summed E-state index contributed by atoms with van der Waals surface area (Å²) in [4.78, 5) is 27.3. The Bertz CT molecular complexity index is 336. The number of carbonyl (C=O) groups excluding carboxylic acids is 2. The second kappa shape index (κ2) is 7.56. The van der Waals surface area contributed by atoms with Gasteiger partial charge in [0.25, 0.3) is 5.91 Å². The lowest BCUT2D eigenvalue weighted by molar-refractivity contribution is -0.159. The summed E-state index contributed by atoms with van der Waals surface area (Å²) in [5.74, 6) is -0.187. The van der Waals surface area contributed by atoms with Gasteiger partial charge in [0.1, 0.15) is 0 Å². The van der Waals surface area contributed by atoms with Crippen molar-refractivity contribution in [3.8, 4) is 0 Å². The van der Waals surface area contributed by atoms with E-state index in [-0.39, 0.29) is 11.9 Å². The van der Waals surface area contributed by atoms with Gasteiger partial charge in [-0.1, -0.05) is 0 Å². The van der Waals surface area contributed by atoms with Crippen LogP contribution in [-0.4, -0.2) is 87.4 Å². The first kappa shape index (κ1) is 15.2. The molecule has 1 unspecified atom stereocenters. The molecule has 2 rings (SSSR count). The highest BCUT2D eigenvalue weighted by atomic mass is 16.6. The number of rotatable bonds is 4. The summed E-state index contributed by atoms with van der Waals surface area (Å²) in [5.41, 5.74) is 0. The molecule has 2 fully saturated rings. The number of amides is 1. The van der Waals surface area contributed by atoms with Crippen LogP contribution in [0.15, 0.2) is 0 Å². The Balaban J connectivity index is 1.70. The van der Waals surface area contributed by atoms with E-state index in [1.807, 2.05) is 4.90 Å². The molecule has 0 radical (unpaired) electrons. The number of carbonyl (C=O) groups is 2. The van der Waals surface area contributed by atoms with Gasteiger partial charge in [-0.2, -0.15) is 0 Å². The van der Waals surface area contributed by atoms with E-state index in [4.69, 9.17) is 9.47 Å². The molecule has 2 heterocycles. The molecule has 0 aliphatic carbocycles. The molecule has 0 saturated carbocycles. The SMILES string of the molecule is COC(=O)CCN1CCN(C(=O)C2COCCO2)CC1. The summed E-state index contributed by atoms with van der Waals surface area (Å²) in [6, 6.07) is 0. The van der Waals surface area contributed by atoms with Crippen LogP contribution in [0.2, 0.25) is 0 Å². The maximum Gasteiger partial charge on any atom is 0.306 e. The number of nitrogens with zero attached hydrogens (tertiary/aromatic N) is 2. The van der Waals surface area contributed by atoms with Gasteiger partial charge in [-0.05, 0) is 0 Å². The van der Waals surface area contributed by atoms with E-state index in [9.17, 15) is 9.59 Å². The molecule has 2 saturated heterocycles. The van der Waals surface area contributed by atoms with E-state index >= 15 is 0 Å². The maximum absolute atomic E-state index is 12.2. The lowest BCUT2D eigenvalue weighted by Gasteiger charge is -2.36. The number of piperazine rings is 1. The average molecular weight is 286 g/mol. The van der Waals surface area contributed by atoms with Crippen LogP contribution in [0.1, 0.15) is 6.42 Å². The molecular formula is C13H22N2O5. The zero-order valence-electron chi connectivity index (χ0n) is 11.9. The fourth-order valence-corrected chi connectivity index (χ4v) is 2.38. The summed E-state index contributed by atoms with van der Waals surface area (Å²) in [7, 11) is 1.39. The first-order chi connectivity index (χ1) is 9.70. The van der Waals surface area contributed by atoms with Crippen molar-refractivity contribution in [2.45, 2.75) is 12.5 Å². The van der Waals surface area contributed by atoms with Crippen molar-refractivity contribution in [1.82, 2.24) is 9.80 Å². The van der Waals surface area contributed by atoms with Gasteiger partial charge in [0, 0.05) is 32.7 Å². The standard InChI is InChI=1S/C13H22N2O5/c1-18-12(16)2-3-14-4-6-15(7-5-14)13(17)11-10-19-8-9-20-11/h11H,2-10H2,1H3. The molecule has 0 aromatic rings. The van der Waals surface area contributed by atoms with Gasteiger partial charge in [0.15, 0.2) is 6.10 Å². The van der Waals surface area contributed by atoms with Crippen LogP contribution in [-0.2, 0) is 23.8 Å². The van der Waals surface area contributed by atoms with Crippen LogP contribution in [0.5, 0.6) is 0 Å². The van der Waals surface area contributed by atoms with Gasteiger partial charge in [-0.15, -0.1) is 0 Å². The summed E-state index contributed by atoms with van der Waals surface area (Å²) in [5, 5.41) is 0. The molecule has 0 aromatic carbocycles. The topological polar surface area (TPSA) is 68.3 Å². The van der Waals surface area contributed by atoms with E-state index in [0.717, 1.165) is 13.1 Å². The molecule has 7 heteroatoms. The van der Waals surface area contributed by atoms with Gasteiger partial charge in [0.2, 0.25) is 0 Å². The minimum absolute atomic E-state index is 0.0114. The van der Waals surface area contributed by atoms with Gasteiger partial charge in [-0.25, -0.2) is 0 Å². The molecule has 0 spiro atoms. The van der Waals surface area contributed by atoms with Crippen molar-refractivity contribution in [3.05, 3.63) is 0 Å². The van der Waals surface area contributed by atoms with Crippen LogP contribution in [0.4, 0.5) is 0 Å². The molecule has 0 aromatic heterocycles. The summed E-state index contributed by atoms with van der Waals surface area (Å²) in [6.45, 7) is 4.95. The van der Waals surface area contributed by atoms with Crippen LogP contribution in [0.3, 0.4) is 0 Å². The van der Waals surface area contributed by atoms with Gasteiger partial charge in [-0.3, -0.25) is 14.5 Å². The van der Waals surface area contributed by atoms with Crippen molar-refractivity contribution in [3.63, 3.8) is 0 Å². The average Bonchev–Trinajstić information content (AvgIpc) is 2.53. The van der Waals surface area contributed by atoms with Crippen molar-refractivity contribution in [1.29, 1.82) is 0 Å². The molecule has 1 atom stereocenters. The molecule has 7 nitrogen and oxygen atoms in total. The predicted molar refractivity (Wildman–Crippen MR) is 70.2 cm³/mol. The molecule has 114 valence electrons. The number of ether oxygens (including phenoxy) is 3. The molecule has 20 heavy (non-hydrogen) atoms. The van der Waals surface area contributed by atoms with Crippen LogP contribution in [0.25, 0.3) is 0 Å². The minimum Gasteiger partial charge on any atom is -0.469 e. The Hall–Kier alpha value is -1.18. The third-order valence-electron chi connectivity index (χ3n) is 3.64. The first-order valence-corrected chi connectivity index (χ1v) is 6.98. The van der Waals surface area contributed by atoms with E-state index in [0.29, 0.717) is 45.9 Å². The third kappa shape index (κ3) is 4.16. The molecule has 2 aliphatic heterocycles. The first-order valence-electron chi connectivity index (χ1n) is 6.98. The Labute approximate surface area is 118 Å². The van der Waals surface area contributed by atoms with Crippen LogP contribution < -0.4 is 0 Å². The largest absolute Gasteiger partial charge is 0.469 e. The fourth-order valence-electron chi connectivity index (χ4n) is 2.38. The van der Waals surface area contributed by atoms with Crippen LogP contribution >= 0.6 is 0 Å². The van der Waals surface area contributed by atoms with Gasteiger partial charge >= 0.3 is 5.97 Å². The zero-order chi connectivity index (χ0) is 14.4. The molecule has 1 amide bonds. The van der Waals surface area contributed by atoms with E-state index in [2.05, 4.69) is 9.64 Å². The molecule has 0 N–H and O–H groups in total. The molecule has 0 bridgehead atoms. The fraction of sp³-hybridized carbons (Fsp3) is 0.846. The Morgan fingerprint density at radius 3 is 2.55 bits per heavy atom. The van der Waals surface area contributed by atoms with E-state index in [1.165, 1.54) is 7.11 Å². The lowest BCUT2D eigenvalue weighted by Crippen LogP contribution is -2.53. The van der Waals surface area contributed by atoms with Gasteiger partial charge < -0.3 is 19.1 Å². The molecular weight excluding hydrogens is 264 g/mol. The number of esters is 1. The number of hydrogen-bond donors (Lipinski definition) is 0. The van der Waals surface area contributed by atoms with Crippen molar-refractivity contribution >= 4 is 11.9 Å². The summed E-state index contributed by atoms with van der Waals surface area (Å²) < 4.78 is 15.3. The van der Waals surface area contributed by atoms with Crippen molar-refractivity contribution < 1.29 is 23.8 Å². The lowest BCUT2D eigenvalue weighted by atomic mass is 10.2. The Kier molecular flexibility index (Phi) is 5.75.